The van der Waals surface area contributed by atoms with Gasteiger partial charge in [-0.1, -0.05) is 160 Å². The third kappa shape index (κ3) is 5.63. The topological polar surface area (TPSA) is 0 Å². The zero-order valence-corrected chi connectivity index (χ0v) is 33.0. The highest BCUT2D eigenvalue weighted by atomic mass is 35.5. The van der Waals surface area contributed by atoms with Crippen molar-refractivity contribution >= 4 is 69.9 Å². The predicted molar refractivity (Wildman–Crippen MR) is 210 cm³/mol. The summed E-state index contributed by atoms with van der Waals surface area (Å²) >= 11 is 13.8. The van der Waals surface area contributed by atoms with Gasteiger partial charge in [0.25, 0.3) is 0 Å². The normalized spacial score (nSPS) is 18.0. The molecule has 232 valence electrons. The van der Waals surface area contributed by atoms with Crippen LogP contribution in [-0.4, -0.2) is 24.2 Å². The van der Waals surface area contributed by atoms with E-state index in [-0.39, 0.29) is 0 Å². The van der Waals surface area contributed by atoms with E-state index in [4.69, 9.17) is 23.2 Å². The smallest absolute Gasteiger partial charge is 0.0795 e. The molecule has 0 aromatic heterocycles. The first kappa shape index (κ1) is 32.5. The lowest BCUT2D eigenvalue weighted by Gasteiger charge is -2.39. The van der Waals surface area contributed by atoms with Crippen molar-refractivity contribution in [3.63, 3.8) is 0 Å². The summed E-state index contributed by atoms with van der Waals surface area (Å²) in [7, 11) is -5.00. The van der Waals surface area contributed by atoms with Crippen LogP contribution in [0.3, 0.4) is 0 Å². The van der Waals surface area contributed by atoms with Crippen LogP contribution in [0.2, 0.25) is 62.4 Å². The van der Waals surface area contributed by atoms with Crippen LogP contribution in [0.15, 0.2) is 83.9 Å². The second kappa shape index (κ2) is 11.4. The average Bonchev–Trinajstić information content (AvgIpc) is 3.47. The van der Waals surface area contributed by atoms with Gasteiger partial charge >= 0.3 is 0 Å². The Balaban J connectivity index is 1.40. The summed E-state index contributed by atoms with van der Waals surface area (Å²) in [5.41, 5.74) is 14.6. The monoisotopic (exact) mass is 680 g/mol. The number of benzene rings is 4. The Morgan fingerprint density at radius 2 is 0.889 bits per heavy atom. The molecular formula is C40H46Cl2Si3. The summed E-state index contributed by atoms with van der Waals surface area (Å²) in [5.74, 6) is 0. The molecule has 0 radical (unpaired) electrons. The van der Waals surface area contributed by atoms with Crippen LogP contribution in [0.25, 0.3) is 34.4 Å². The van der Waals surface area contributed by atoms with Crippen molar-refractivity contribution in [3.05, 3.63) is 116 Å². The maximum Gasteiger partial charge on any atom is 0.0795 e. The molecule has 2 aliphatic rings. The van der Waals surface area contributed by atoms with E-state index in [2.05, 4.69) is 151 Å². The van der Waals surface area contributed by atoms with E-state index in [0.717, 1.165) is 10.0 Å². The summed E-state index contributed by atoms with van der Waals surface area (Å²) in [6.45, 7) is 24.1. The van der Waals surface area contributed by atoms with E-state index in [0.29, 0.717) is 11.1 Å². The van der Waals surface area contributed by atoms with Gasteiger partial charge in [0.1, 0.15) is 0 Å². The summed E-state index contributed by atoms with van der Waals surface area (Å²) in [6, 6.07) is 27.4. The third-order valence-electron chi connectivity index (χ3n) is 10.2. The van der Waals surface area contributed by atoms with Crippen molar-refractivity contribution < 1.29 is 0 Å². The van der Waals surface area contributed by atoms with Crippen molar-refractivity contribution in [2.75, 3.05) is 0 Å². The van der Waals surface area contributed by atoms with Gasteiger partial charge in [0.05, 0.1) is 24.2 Å². The second-order valence-corrected chi connectivity index (χ2v) is 31.7. The third-order valence-corrected chi connectivity index (χ3v) is 19.8. The summed E-state index contributed by atoms with van der Waals surface area (Å²) in [5, 5.41) is 4.47. The van der Waals surface area contributed by atoms with E-state index >= 15 is 0 Å². The van der Waals surface area contributed by atoms with Gasteiger partial charge < -0.3 is 0 Å². The molecule has 6 rings (SSSR count). The SMILES string of the molecule is CC1=Cc2c(-c3ccc([Si](C)(C)C)c(Cl)c3)cccc2C1[Si](C)(C)C1C(C)=Cc2c(-c3ccc([Si](C)(C)C)c(Cl)c3)cccc21. The molecule has 2 atom stereocenters. The Hall–Kier alpha value is -2.41. The number of halogens is 2. The molecule has 0 bridgehead atoms. The number of rotatable bonds is 6. The molecule has 0 aliphatic heterocycles. The standard InChI is InChI=1S/C40H46Cl2Si3/c1-25-21-33-29(27-17-19-37(35(41)23-27)43(3,4)5)13-11-15-31(33)39(25)45(9,10)40-26(2)22-34-30(14-12-16-32(34)40)28-18-20-38(36(42)24-28)44(6,7)8/h11-24,39-40H,1-10H3. The van der Waals surface area contributed by atoms with Crippen molar-refractivity contribution in [1.29, 1.82) is 0 Å². The molecule has 45 heavy (non-hydrogen) atoms. The summed E-state index contributed by atoms with van der Waals surface area (Å²) in [6.07, 6.45) is 4.94. The maximum atomic E-state index is 6.90. The van der Waals surface area contributed by atoms with Crippen LogP contribution in [0.5, 0.6) is 0 Å². The molecule has 2 unspecified atom stereocenters. The zero-order chi connectivity index (χ0) is 32.6. The van der Waals surface area contributed by atoms with Crippen LogP contribution in [0.1, 0.15) is 47.2 Å². The number of hydrogen-bond acceptors (Lipinski definition) is 0. The molecule has 4 aromatic rings. The summed E-state index contributed by atoms with van der Waals surface area (Å²) in [4.78, 5) is 0. The van der Waals surface area contributed by atoms with Crippen molar-refractivity contribution in [2.24, 2.45) is 0 Å². The van der Waals surface area contributed by atoms with E-state index in [1.807, 2.05) is 0 Å². The van der Waals surface area contributed by atoms with Gasteiger partial charge in [-0.15, -0.1) is 0 Å². The first-order chi connectivity index (χ1) is 21.0. The van der Waals surface area contributed by atoms with Gasteiger partial charge in [-0.25, -0.2) is 0 Å². The van der Waals surface area contributed by atoms with E-state index in [1.54, 1.807) is 0 Å². The molecule has 0 fully saturated rings. The second-order valence-electron chi connectivity index (χ2n) is 16.0. The molecular weight excluding hydrogens is 636 g/mol. The molecule has 0 nitrogen and oxygen atoms in total. The lowest BCUT2D eigenvalue weighted by atomic mass is 9.97. The van der Waals surface area contributed by atoms with Gasteiger partial charge in [-0.05, 0) is 80.9 Å². The first-order valence-electron chi connectivity index (χ1n) is 16.2. The molecule has 5 heteroatoms. The highest BCUT2D eigenvalue weighted by Crippen LogP contribution is 2.54. The number of fused-ring (bicyclic) bond motifs is 2. The fraction of sp³-hybridized carbons (Fsp3) is 0.300. The van der Waals surface area contributed by atoms with Gasteiger partial charge in [-0.3, -0.25) is 0 Å². The van der Waals surface area contributed by atoms with Crippen molar-refractivity contribution in [2.45, 2.75) is 77.3 Å². The Bertz CT molecular complexity index is 1760. The fourth-order valence-electron chi connectivity index (χ4n) is 8.33. The van der Waals surface area contributed by atoms with E-state index < -0.39 is 24.2 Å². The molecule has 0 heterocycles. The fourth-order valence-corrected chi connectivity index (χ4v) is 18.1. The minimum atomic E-state index is -1.98. The van der Waals surface area contributed by atoms with E-state index in [1.165, 1.54) is 66.0 Å². The van der Waals surface area contributed by atoms with Crippen LogP contribution in [0.4, 0.5) is 0 Å². The Kier molecular flexibility index (Phi) is 8.23. The highest BCUT2D eigenvalue weighted by Gasteiger charge is 2.47. The molecule has 0 saturated heterocycles. The average molecular weight is 682 g/mol. The van der Waals surface area contributed by atoms with Gasteiger partial charge in [0.15, 0.2) is 0 Å². The Morgan fingerprint density at radius 3 is 1.22 bits per heavy atom. The highest BCUT2D eigenvalue weighted by molar-refractivity contribution is 6.90. The number of allylic oxidation sites excluding steroid dienone is 2. The van der Waals surface area contributed by atoms with Crippen molar-refractivity contribution in [1.82, 2.24) is 0 Å². The van der Waals surface area contributed by atoms with Crippen LogP contribution in [-0.2, 0) is 0 Å². The predicted octanol–water partition coefficient (Wildman–Crippen LogP) is 11.9. The minimum absolute atomic E-state index is 0.442. The van der Waals surface area contributed by atoms with E-state index in [9.17, 15) is 0 Å². The quantitative estimate of drug-likeness (QED) is 0.178. The largest absolute Gasteiger partial charge is 0.0844 e. The minimum Gasteiger partial charge on any atom is -0.0844 e. The maximum absolute atomic E-state index is 6.90. The van der Waals surface area contributed by atoms with Gasteiger partial charge in [0.2, 0.25) is 0 Å². The lowest BCUT2D eigenvalue weighted by Crippen LogP contribution is -2.42. The zero-order valence-electron chi connectivity index (χ0n) is 28.5. The molecule has 4 aromatic carbocycles. The molecule has 2 aliphatic carbocycles. The molecule has 0 spiro atoms. The van der Waals surface area contributed by atoms with Crippen LogP contribution < -0.4 is 10.4 Å². The molecule has 0 N–H and O–H groups in total. The first-order valence-corrected chi connectivity index (χ1v) is 27.1. The Morgan fingerprint density at radius 1 is 0.511 bits per heavy atom. The molecule has 0 amide bonds. The summed E-state index contributed by atoms with van der Waals surface area (Å²) < 4.78 is 0. The Labute approximate surface area is 284 Å². The van der Waals surface area contributed by atoms with Gasteiger partial charge in [0, 0.05) is 21.1 Å². The van der Waals surface area contributed by atoms with Crippen molar-refractivity contribution in [3.8, 4) is 22.3 Å². The molecule has 0 saturated carbocycles. The van der Waals surface area contributed by atoms with Gasteiger partial charge in [-0.2, -0.15) is 0 Å². The number of hydrogen-bond donors (Lipinski definition) is 0. The van der Waals surface area contributed by atoms with Crippen LogP contribution in [0, 0.1) is 0 Å². The van der Waals surface area contributed by atoms with Crippen LogP contribution >= 0.6 is 23.2 Å². The lowest BCUT2D eigenvalue weighted by molar-refractivity contribution is 0.968.